The lowest BCUT2D eigenvalue weighted by molar-refractivity contribution is -0.118. The van der Waals surface area contributed by atoms with Gasteiger partial charge in [-0.25, -0.2) is 0 Å². The molecule has 3 heteroatoms. The standard InChI is InChI=1S/C20H23NO2/c1-5-8-17-9-6-7-10-18(17)23-13-19(22)21-20-15(3)11-14(2)12-16(20)4/h5-7,9-12H,1,8,13H2,2-4H3,(H,21,22). The van der Waals surface area contributed by atoms with E-state index in [1.165, 1.54) is 5.56 Å². The Morgan fingerprint density at radius 2 is 1.83 bits per heavy atom. The number of hydrogen-bond acceptors (Lipinski definition) is 2. The fourth-order valence-corrected chi connectivity index (χ4v) is 2.66. The van der Waals surface area contributed by atoms with Crippen molar-refractivity contribution < 1.29 is 9.53 Å². The Hall–Kier alpha value is -2.55. The van der Waals surface area contributed by atoms with E-state index in [9.17, 15) is 4.79 Å². The predicted octanol–water partition coefficient (Wildman–Crippen LogP) is 4.36. The van der Waals surface area contributed by atoms with Crippen LogP contribution >= 0.6 is 0 Å². The van der Waals surface area contributed by atoms with Gasteiger partial charge in [-0.2, -0.15) is 0 Å². The molecule has 2 aromatic rings. The predicted molar refractivity (Wildman–Crippen MR) is 95.1 cm³/mol. The Morgan fingerprint density at radius 3 is 2.48 bits per heavy atom. The topological polar surface area (TPSA) is 38.3 Å². The molecule has 0 bridgehead atoms. The number of aryl methyl sites for hydroxylation is 3. The molecule has 2 aromatic carbocycles. The number of carbonyl (C=O) groups is 1. The fraction of sp³-hybridized carbons (Fsp3) is 0.250. The first kappa shape index (κ1) is 16.8. The molecule has 0 saturated heterocycles. The number of hydrogen-bond donors (Lipinski definition) is 1. The summed E-state index contributed by atoms with van der Waals surface area (Å²) in [6.07, 6.45) is 2.54. The Labute approximate surface area is 138 Å². The van der Waals surface area contributed by atoms with Crippen LogP contribution in [0.4, 0.5) is 5.69 Å². The molecule has 0 heterocycles. The number of allylic oxidation sites excluding steroid dienone is 1. The Kier molecular flexibility index (Phi) is 5.58. The first-order chi connectivity index (χ1) is 11.0. The van der Waals surface area contributed by atoms with Gasteiger partial charge in [0.15, 0.2) is 6.61 Å². The van der Waals surface area contributed by atoms with Crippen molar-refractivity contribution in [2.45, 2.75) is 27.2 Å². The second kappa shape index (κ2) is 7.63. The van der Waals surface area contributed by atoms with Crippen LogP contribution in [0.15, 0.2) is 49.1 Å². The van der Waals surface area contributed by atoms with Gasteiger partial charge in [-0.1, -0.05) is 42.0 Å². The lowest BCUT2D eigenvalue weighted by Crippen LogP contribution is -2.21. The summed E-state index contributed by atoms with van der Waals surface area (Å²) in [5.74, 6) is 0.563. The van der Waals surface area contributed by atoms with Crippen molar-refractivity contribution in [2.75, 3.05) is 11.9 Å². The van der Waals surface area contributed by atoms with Gasteiger partial charge < -0.3 is 10.1 Å². The number of anilines is 1. The number of nitrogens with one attached hydrogen (secondary N) is 1. The summed E-state index contributed by atoms with van der Waals surface area (Å²) in [4.78, 5) is 12.2. The van der Waals surface area contributed by atoms with Crippen LogP contribution in [-0.2, 0) is 11.2 Å². The molecule has 120 valence electrons. The normalized spacial score (nSPS) is 10.2. The van der Waals surface area contributed by atoms with E-state index in [1.807, 2.05) is 51.1 Å². The third kappa shape index (κ3) is 4.46. The van der Waals surface area contributed by atoms with Gasteiger partial charge in [0.05, 0.1) is 0 Å². The molecule has 0 aliphatic carbocycles. The van der Waals surface area contributed by atoms with Crippen LogP contribution in [0.5, 0.6) is 5.75 Å². The average Bonchev–Trinajstić information content (AvgIpc) is 2.50. The zero-order chi connectivity index (χ0) is 16.8. The van der Waals surface area contributed by atoms with Crippen molar-refractivity contribution in [2.24, 2.45) is 0 Å². The molecule has 1 N–H and O–H groups in total. The van der Waals surface area contributed by atoms with Crippen LogP contribution in [0.1, 0.15) is 22.3 Å². The maximum atomic E-state index is 12.2. The zero-order valence-corrected chi connectivity index (χ0v) is 14.0. The first-order valence-electron chi connectivity index (χ1n) is 7.70. The molecule has 3 nitrogen and oxygen atoms in total. The van der Waals surface area contributed by atoms with Crippen molar-refractivity contribution in [3.05, 3.63) is 71.3 Å². The van der Waals surface area contributed by atoms with Gasteiger partial charge in [0.2, 0.25) is 0 Å². The number of amides is 1. The van der Waals surface area contributed by atoms with E-state index in [2.05, 4.69) is 24.0 Å². The van der Waals surface area contributed by atoms with Crippen LogP contribution in [0.25, 0.3) is 0 Å². The molecular formula is C20H23NO2. The minimum Gasteiger partial charge on any atom is -0.483 e. The summed E-state index contributed by atoms with van der Waals surface area (Å²) < 4.78 is 5.67. The highest BCUT2D eigenvalue weighted by molar-refractivity contribution is 5.93. The number of ether oxygens (including phenoxy) is 1. The van der Waals surface area contributed by atoms with Gasteiger partial charge in [-0.3, -0.25) is 4.79 Å². The minimum absolute atomic E-state index is 0.0130. The summed E-state index contributed by atoms with van der Waals surface area (Å²) in [6, 6.07) is 11.8. The van der Waals surface area contributed by atoms with Gasteiger partial charge in [-0.15, -0.1) is 6.58 Å². The number of para-hydroxylation sites is 1. The maximum Gasteiger partial charge on any atom is 0.262 e. The van der Waals surface area contributed by atoms with Crippen molar-refractivity contribution in [3.8, 4) is 5.75 Å². The molecule has 0 unspecified atom stereocenters. The van der Waals surface area contributed by atoms with Gasteiger partial charge in [-0.05, 0) is 49.9 Å². The zero-order valence-electron chi connectivity index (χ0n) is 14.0. The molecule has 0 radical (unpaired) electrons. The molecule has 0 atom stereocenters. The highest BCUT2D eigenvalue weighted by atomic mass is 16.5. The first-order valence-corrected chi connectivity index (χ1v) is 7.70. The van der Waals surface area contributed by atoms with Crippen molar-refractivity contribution in [1.82, 2.24) is 0 Å². The summed E-state index contributed by atoms with van der Waals surface area (Å²) in [5, 5.41) is 2.94. The summed E-state index contributed by atoms with van der Waals surface area (Å²) in [5.41, 5.74) is 5.19. The molecule has 0 spiro atoms. The van der Waals surface area contributed by atoms with Crippen molar-refractivity contribution >= 4 is 11.6 Å². The average molecular weight is 309 g/mol. The summed E-state index contributed by atoms with van der Waals surface area (Å²) in [6.45, 7) is 9.77. The SMILES string of the molecule is C=CCc1ccccc1OCC(=O)Nc1c(C)cc(C)cc1C. The smallest absolute Gasteiger partial charge is 0.262 e. The van der Waals surface area contributed by atoms with Crippen LogP contribution in [0.3, 0.4) is 0 Å². The summed E-state index contributed by atoms with van der Waals surface area (Å²) in [7, 11) is 0. The van der Waals surface area contributed by atoms with Gasteiger partial charge in [0.1, 0.15) is 5.75 Å². The summed E-state index contributed by atoms with van der Waals surface area (Å²) >= 11 is 0. The minimum atomic E-state index is -0.159. The van der Waals surface area contributed by atoms with E-state index in [4.69, 9.17) is 4.74 Å². The third-order valence-electron chi connectivity index (χ3n) is 3.64. The van der Waals surface area contributed by atoms with Gasteiger partial charge in [0.25, 0.3) is 5.91 Å². The van der Waals surface area contributed by atoms with Crippen LogP contribution < -0.4 is 10.1 Å². The largest absolute Gasteiger partial charge is 0.483 e. The van der Waals surface area contributed by atoms with Gasteiger partial charge >= 0.3 is 0 Å². The van der Waals surface area contributed by atoms with E-state index in [0.717, 1.165) is 28.1 Å². The molecule has 0 aliphatic heterocycles. The number of rotatable bonds is 6. The van der Waals surface area contributed by atoms with E-state index in [0.29, 0.717) is 6.42 Å². The third-order valence-corrected chi connectivity index (χ3v) is 3.64. The number of benzene rings is 2. The van der Waals surface area contributed by atoms with Crippen molar-refractivity contribution in [3.63, 3.8) is 0 Å². The van der Waals surface area contributed by atoms with E-state index in [-0.39, 0.29) is 12.5 Å². The van der Waals surface area contributed by atoms with E-state index < -0.39 is 0 Å². The molecule has 0 saturated carbocycles. The Morgan fingerprint density at radius 1 is 1.17 bits per heavy atom. The second-order valence-electron chi connectivity index (χ2n) is 5.71. The Balaban J connectivity index is 2.03. The Bertz CT molecular complexity index is 696. The molecule has 23 heavy (non-hydrogen) atoms. The van der Waals surface area contributed by atoms with E-state index >= 15 is 0 Å². The van der Waals surface area contributed by atoms with Crippen LogP contribution in [-0.4, -0.2) is 12.5 Å². The maximum absolute atomic E-state index is 12.2. The molecule has 0 fully saturated rings. The highest BCUT2D eigenvalue weighted by Gasteiger charge is 2.10. The van der Waals surface area contributed by atoms with Crippen LogP contribution in [0, 0.1) is 20.8 Å². The second-order valence-corrected chi connectivity index (χ2v) is 5.71. The fourth-order valence-electron chi connectivity index (χ4n) is 2.66. The number of carbonyl (C=O) groups excluding carboxylic acids is 1. The van der Waals surface area contributed by atoms with Crippen molar-refractivity contribution in [1.29, 1.82) is 0 Å². The highest BCUT2D eigenvalue weighted by Crippen LogP contribution is 2.22. The molecule has 0 aliphatic rings. The molecular weight excluding hydrogens is 286 g/mol. The molecule has 0 aromatic heterocycles. The van der Waals surface area contributed by atoms with Gasteiger partial charge in [0, 0.05) is 5.69 Å². The van der Waals surface area contributed by atoms with E-state index in [1.54, 1.807) is 0 Å². The lowest BCUT2D eigenvalue weighted by Gasteiger charge is -2.14. The molecule has 1 amide bonds. The lowest BCUT2D eigenvalue weighted by atomic mass is 10.1. The van der Waals surface area contributed by atoms with Crippen LogP contribution in [0.2, 0.25) is 0 Å². The molecule has 2 rings (SSSR count). The monoisotopic (exact) mass is 309 g/mol. The quantitative estimate of drug-likeness (QED) is 0.805.